The summed E-state index contributed by atoms with van der Waals surface area (Å²) in [6, 6.07) is 0. The van der Waals surface area contributed by atoms with Crippen molar-refractivity contribution >= 4 is 11.9 Å². The Labute approximate surface area is 288 Å². The highest BCUT2D eigenvalue weighted by atomic mass is 16.5. The number of nitrogens with zero attached hydrogens (tertiary/aromatic N) is 1. The van der Waals surface area contributed by atoms with Gasteiger partial charge in [0.15, 0.2) is 0 Å². The van der Waals surface area contributed by atoms with Gasteiger partial charge in [-0.25, -0.2) is 0 Å². The summed E-state index contributed by atoms with van der Waals surface area (Å²) in [4.78, 5) is 27.1. The fraction of sp³-hybridized carbons (Fsp3) is 0.951. The van der Waals surface area contributed by atoms with Crippen LogP contribution in [0.2, 0.25) is 0 Å². The van der Waals surface area contributed by atoms with E-state index in [2.05, 4.69) is 25.7 Å². The Kier molecular flexibility index (Phi) is 34.4. The monoisotopic (exact) mass is 652 g/mol. The molecule has 274 valence electrons. The zero-order chi connectivity index (χ0) is 33.9. The number of unbranched alkanes of at least 4 members (excludes halogenated alkanes) is 18. The van der Waals surface area contributed by atoms with E-state index in [1.165, 1.54) is 128 Å². The molecule has 1 atom stereocenters. The molecule has 0 aliphatic carbocycles. The highest BCUT2D eigenvalue weighted by molar-refractivity contribution is 5.69. The molecule has 5 nitrogen and oxygen atoms in total. The summed E-state index contributed by atoms with van der Waals surface area (Å²) < 4.78 is 11.7. The maximum absolute atomic E-state index is 12.5. The molecule has 0 amide bonds. The Balaban J connectivity index is 4.37. The largest absolute Gasteiger partial charge is 0.466 e. The molecular weight excluding hydrogens is 570 g/mol. The molecule has 0 saturated carbocycles. The molecule has 0 aliphatic rings. The molecule has 0 aliphatic heterocycles. The molecule has 0 N–H and O–H groups in total. The van der Waals surface area contributed by atoms with Crippen LogP contribution in [0, 0.1) is 5.92 Å². The molecular formula is C41H81NO4. The SMILES string of the molecule is CCCCCCCCCC(CCCCCC(=O)OCCC(CCCCCCCC)CCCCCCCC)OC(=O)CCCN(C)C. The van der Waals surface area contributed by atoms with E-state index in [4.69, 9.17) is 9.47 Å². The predicted molar refractivity (Wildman–Crippen MR) is 198 cm³/mol. The van der Waals surface area contributed by atoms with Gasteiger partial charge in [0, 0.05) is 12.8 Å². The van der Waals surface area contributed by atoms with Crippen molar-refractivity contribution in [2.75, 3.05) is 27.2 Å². The van der Waals surface area contributed by atoms with E-state index in [1.54, 1.807) is 0 Å². The normalized spacial score (nSPS) is 12.2. The lowest BCUT2D eigenvalue weighted by Crippen LogP contribution is -2.20. The van der Waals surface area contributed by atoms with Crippen LogP contribution < -0.4 is 0 Å². The van der Waals surface area contributed by atoms with Crippen LogP contribution in [0.15, 0.2) is 0 Å². The van der Waals surface area contributed by atoms with Gasteiger partial charge in [0.2, 0.25) is 0 Å². The van der Waals surface area contributed by atoms with Crippen LogP contribution >= 0.6 is 0 Å². The number of rotatable bonds is 36. The summed E-state index contributed by atoms with van der Waals surface area (Å²) >= 11 is 0. The molecule has 0 aromatic carbocycles. The second-order valence-corrected chi connectivity index (χ2v) is 14.5. The third-order valence-electron chi connectivity index (χ3n) is 9.54. The van der Waals surface area contributed by atoms with Crippen LogP contribution in [0.25, 0.3) is 0 Å². The fourth-order valence-corrected chi connectivity index (χ4v) is 6.47. The molecule has 5 heteroatoms. The maximum Gasteiger partial charge on any atom is 0.306 e. The van der Waals surface area contributed by atoms with Crippen molar-refractivity contribution in [3.05, 3.63) is 0 Å². The maximum atomic E-state index is 12.5. The molecule has 0 bridgehead atoms. The minimum absolute atomic E-state index is 0.0182. The van der Waals surface area contributed by atoms with Gasteiger partial charge < -0.3 is 14.4 Å². The summed E-state index contributed by atoms with van der Waals surface area (Å²) in [6.07, 6.45) is 35.2. The highest BCUT2D eigenvalue weighted by Gasteiger charge is 2.15. The van der Waals surface area contributed by atoms with Crippen LogP contribution in [0.4, 0.5) is 0 Å². The number of hydrogen-bond acceptors (Lipinski definition) is 5. The summed E-state index contributed by atoms with van der Waals surface area (Å²) in [7, 11) is 4.07. The van der Waals surface area contributed by atoms with Crippen LogP contribution in [0.1, 0.15) is 213 Å². The summed E-state index contributed by atoms with van der Waals surface area (Å²) in [5.74, 6) is 0.610. The van der Waals surface area contributed by atoms with Gasteiger partial charge in [0.25, 0.3) is 0 Å². The van der Waals surface area contributed by atoms with Gasteiger partial charge in [0.1, 0.15) is 6.10 Å². The Morgan fingerprint density at radius 3 is 1.37 bits per heavy atom. The predicted octanol–water partition coefficient (Wildman–Crippen LogP) is 12.4. The van der Waals surface area contributed by atoms with Gasteiger partial charge in [-0.15, -0.1) is 0 Å². The number of esters is 2. The number of carbonyl (C=O) groups is 2. The van der Waals surface area contributed by atoms with Crippen molar-refractivity contribution in [1.29, 1.82) is 0 Å². The van der Waals surface area contributed by atoms with E-state index in [0.717, 1.165) is 57.9 Å². The third-order valence-corrected chi connectivity index (χ3v) is 9.54. The zero-order valence-electron chi connectivity index (χ0n) is 31.9. The molecule has 0 aromatic rings. The molecule has 0 saturated heterocycles. The second-order valence-electron chi connectivity index (χ2n) is 14.5. The smallest absolute Gasteiger partial charge is 0.306 e. The van der Waals surface area contributed by atoms with Gasteiger partial charge in [-0.3, -0.25) is 9.59 Å². The van der Waals surface area contributed by atoms with E-state index in [-0.39, 0.29) is 18.0 Å². The lowest BCUT2D eigenvalue weighted by molar-refractivity contribution is -0.150. The van der Waals surface area contributed by atoms with Crippen LogP contribution in [-0.2, 0) is 19.1 Å². The van der Waals surface area contributed by atoms with E-state index in [0.29, 0.717) is 25.4 Å². The van der Waals surface area contributed by atoms with Gasteiger partial charge in [-0.05, 0) is 71.5 Å². The highest BCUT2D eigenvalue weighted by Crippen LogP contribution is 2.23. The summed E-state index contributed by atoms with van der Waals surface area (Å²) in [6.45, 7) is 8.30. The number of hydrogen-bond donors (Lipinski definition) is 0. The number of carbonyl (C=O) groups excluding carboxylic acids is 2. The zero-order valence-corrected chi connectivity index (χ0v) is 31.9. The Morgan fingerprint density at radius 2 is 0.891 bits per heavy atom. The quantitative estimate of drug-likeness (QED) is 0.0498. The van der Waals surface area contributed by atoms with E-state index in [9.17, 15) is 9.59 Å². The van der Waals surface area contributed by atoms with Crippen LogP contribution in [-0.4, -0.2) is 50.2 Å². The third kappa shape index (κ3) is 32.8. The minimum atomic E-state index is -0.0512. The average Bonchev–Trinajstić information content (AvgIpc) is 3.03. The first kappa shape index (κ1) is 44.9. The van der Waals surface area contributed by atoms with Gasteiger partial charge in [-0.1, -0.05) is 156 Å². The molecule has 1 unspecified atom stereocenters. The van der Waals surface area contributed by atoms with Crippen molar-refractivity contribution in [2.45, 2.75) is 219 Å². The topological polar surface area (TPSA) is 55.8 Å². The Morgan fingerprint density at radius 1 is 0.478 bits per heavy atom. The van der Waals surface area contributed by atoms with Crippen molar-refractivity contribution in [1.82, 2.24) is 4.90 Å². The van der Waals surface area contributed by atoms with Crippen LogP contribution in [0.5, 0.6) is 0 Å². The summed E-state index contributed by atoms with van der Waals surface area (Å²) in [5.41, 5.74) is 0. The van der Waals surface area contributed by atoms with E-state index < -0.39 is 0 Å². The standard InChI is InChI=1S/C41H81NO4/c1-6-9-12-15-18-21-25-31-39(46-41(44)34-28-36-42(4)5)32-26-22-27-33-40(43)45-37-35-38(29-23-19-16-13-10-7-2)30-24-20-17-14-11-8-3/h38-39H,6-37H2,1-5H3. The van der Waals surface area contributed by atoms with E-state index >= 15 is 0 Å². The Hall–Kier alpha value is -1.10. The molecule has 0 radical (unpaired) electrons. The average molecular weight is 652 g/mol. The van der Waals surface area contributed by atoms with Crippen LogP contribution in [0.3, 0.4) is 0 Å². The first-order chi connectivity index (χ1) is 22.4. The van der Waals surface area contributed by atoms with E-state index in [1.807, 2.05) is 14.1 Å². The molecule has 46 heavy (non-hydrogen) atoms. The lowest BCUT2D eigenvalue weighted by Gasteiger charge is -2.19. The molecule has 0 rings (SSSR count). The molecule has 0 fully saturated rings. The van der Waals surface area contributed by atoms with Crippen molar-refractivity contribution in [3.63, 3.8) is 0 Å². The minimum Gasteiger partial charge on any atom is -0.466 e. The van der Waals surface area contributed by atoms with Crippen molar-refractivity contribution in [2.24, 2.45) is 5.92 Å². The lowest BCUT2D eigenvalue weighted by atomic mass is 9.91. The summed E-state index contributed by atoms with van der Waals surface area (Å²) in [5, 5.41) is 0. The first-order valence-electron chi connectivity index (χ1n) is 20.4. The van der Waals surface area contributed by atoms with Crippen molar-refractivity contribution < 1.29 is 19.1 Å². The molecule has 0 spiro atoms. The molecule has 0 heterocycles. The van der Waals surface area contributed by atoms with Crippen molar-refractivity contribution in [3.8, 4) is 0 Å². The molecule has 0 aromatic heterocycles. The number of ether oxygens (including phenoxy) is 2. The Bertz CT molecular complexity index is 636. The van der Waals surface area contributed by atoms with Gasteiger partial charge in [-0.2, -0.15) is 0 Å². The second kappa shape index (κ2) is 35.2. The first-order valence-corrected chi connectivity index (χ1v) is 20.4. The van der Waals surface area contributed by atoms with Gasteiger partial charge >= 0.3 is 11.9 Å². The van der Waals surface area contributed by atoms with Gasteiger partial charge in [0.05, 0.1) is 6.61 Å². The fourth-order valence-electron chi connectivity index (χ4n) is 6.47.